The van der Waals surface area contributed by atoms with Gasteiger partial charge in [0.15, 0.2) is 0 Å². The summed E-state index contributed by atoms with van der Waals surface area (Å²) >= 11 is 0. The van der Waals surface area contributed by atoms with E-state index in [4.69, 9.17) is 4.74 Å². The van der Waals surface area contributed by atoms with Gasteiger partial charge in [-0.05, 0) is 38.2 Å². The van der Waals surface area contributed by atoms with Crippen molar-refractivity contribution >= 4 is 5.97 Å². The highest BCUT2D eigenvalue weighted by Gasteiger charge is 2.56. The van der Waals surface area contributed by atoms with Crippen LogP contribution in [0.25, 0.3) is 0 Å². The van der Waals surface area contributed by atoms with Gasteiger partial charge in [0.25, 0.3) is 0 Å². The largest absolute Gasteiger partial charge is 0.466 e. The van der Waals surface area contributed by atoms with Gasteiger partial charge in [-0.15, -0.1) is 0 Å². The summed E-state index contributed by atoms with van der Waals surface area (Å²) in [4.78, 5) is 11.7. The third kappa shape index (κ3) is 2.11. The lowest BCUT2D eigenvalue weighted by Gasteiger charge is -2.09. The Labute approximate surface area is 96.6 Å². The Morgan fingerprint density at radius 1 is 1.44 bits per heavy atom. The molecular weight excluding hydrogens is 200 g/mol. The molecule has 0 heterocycles. The van der Waals surface area contributed by atoms with Crippen LogP contribution in [0.3, 0.4) is 0 Å². The molecule has 0 unspecified atom stereocenters. The Hall–Kier alpha value is -1.31. The first-order chi connectivity index (χ1) is 7.66. The summed E-state index contributed by atoms with van der Waals surface area (Å²) in [5.41, 5.74) is 1.08. The number of hydrogen-bond acceptors (Lipinski definition) is 2. The normalized spacial score (nSPS) is 27.5. The van der Waals surface area contributed by atoms with Crippen LogP contribution in [-0.2, 0) is 16.0 Å². The first-order valence-corrected chi connectivity index (χ1v) is 5.88. The van der Waals surface area contributed by atoms with E-state index in [2.05, 4.69) is 12.1 Å². The van der Waals surface area contributed by atoms with E-state index in [-0.39, 0.29) is 11.4 Å². The van der Waals surface area contributed by atoms with E-state index >= 15 is 0 Å². The van der Waals surface area contributed by atoms with Crippen molar-refractivity contribution in [2.45, 2.75) is 26.7 Å². The molecule has 86 valence electrons. The van der Waals surface area contributed by atoms with E-state index in [0.29, 0.717) is 12.5 Å². The zero-order chi connectivity index (χ0) is 11.6. The fraction of sp³-hybridized carbons (Fsp3) is 0.500. The number of benzene rings is 1. The van der Waals surface area contributed by atoms with Crippen LogP contribution in [0.2, 0.25) is 0 Å². The van der Waals surface area contributed by atoms with Gasteiger partial charge in [-0.3, -0.25) is 4.79 Å². The van der Waals surface area contributed by atoms with Gasteiger partial charge in [0.2, 0.25) is 0 Å². The molecule has 1 saturated carbocycles. The lowest BCUT2D eigenvalue weighted by Crippen LogP contribution is -2.18. The minimum atomic E-state index is -0.230. The van der Waals surface area contributed by atoms with Crippen LogP contribution in [0.15, 0.2) is 30.3 Å². The molecule has 0 aromatic heterocycles. The average molecular weight is 218 g/mol. The predicted octanol–water partition coefficient (Wildman–Crippen LogP) is 2.82. The fourth-order valence-corrected chi connectivity index (χ4v) is 2.19. The highest BCUT2D eigenvalue weighted by Crippen LogP contribution is 2.54. The van der Waals surface area contributed by atoms with Gasteiger partial charge in [-0.2, -0.15) is 0 Å². The van der Waals surface area contributed by atoms with Crippen molar-refractivity contribution in [1.82, 2.24) is 0 Å². The Morgan fingerprint density at radius 2 is 2.12 bits per heavy atom. The third-order valence-corrected chi connectivity index (χ3v) is 3.48. The van der Waals surface area contributed by atoms with Gasteiger partial charge in [-0.1, -0.05) is 30.3 Å². The van der Waals surface area contributed by atoms with E-state index in [9.17, 15) is 4.79 Å². The van der Waals surface area contributed by atoms with E-state index in [1.165, 1.54) is 5.56 Å². The predicted molar refractivity (Wildman–Crippen MR) is 63.0 cm³/mol. The topological polar surface area (TPSA) is 26.3 Å². The second-order valence-electron chi connectivity index (χ2n) is 4.73. The number of esters is 1. The van der Waals surface area contributed by atoms with Gasteiger partial charge < -0.3 is 4.74 Å². The van der Waals surface area contributed by atoms with Crippen LogP contribution < -0.4 is 0 Å². The average Bonchev–Trinajstić information content (AvgIpc) is 2.93. The molecule has 0 radical (unpaired) electrons. The van der Waals surface area contributed by atoms with Crippen LogP contribution in [0.4, 0.5) is 0 Å². The first kappa shape index (κ1) is 11.2. The van der Waals surface area contributed by atoms with Crippen LogP contribution in [0, 0.1) is 11.3 Å². The molecular formula is C14H18O2. The fourth-order valence-electron chi connectivity index (χ4n) is 2.19. The monoisotopic (exact) mass is 218 g/mol. The molecule has 1 aromatic carbocycles. The molecule has 0 aliphatic heterocycles. The second-order valence-corrected chi connectivity index (χ2v) is 4.73. The summed E-state index contributed by atoms with van der Waals surface area (Å²) < 4.78 is 5.10. The quantitative estimate of drug-likeness (QED) is 0.726. The van der Waals surface area contributed by atoms with E-state index in [0.717, 1.165) is 12.8 Å². The van der Waals surface area contributed by atoms with E-state index < -0.39 is 0 Å². The molecule has 2 atom stereocenters. The highest BCUT2D eigenvalue weighted by atomic mass is 16.5. The van der Waals surface area contributed by atoms with Crippen molar-refractivity contribution in [3.63, 3.8) is 0 Å². The summed E-state index contributed by atoms with van der Waals surface area (Å²) in [6, 6.07) is 10.3. The maximum atomic E-state index is 11.7. The molecule has 2 rings (SSSR count). The summed E-state index contributed by atoms with van der Waals surface area (Å²) in [5, 5.41) is 0. The van der Waals surface area contributed by atoms with Crippen LogP contribution >= 0.6 is 0 Å². The zero-order valence-electron chi connectivity index (χ0n) is 9.90. The smallest absolute Gasteiger partial charge is 0.312 e. The van der Waals surface area contributed by atoms with Crippen LogP contribution in [0.1, 0.15) is 25.8 Å². The molecule has 0 N–H and O–H groups in total. The first-order valence-electron chi connectivity index (χ1n) is 5.88. The Bertz CT molecular complexity index is 372. The standard InChI is InChI=1S/C14H18O2/c1-3-16-13(15)14(2)10-12(14)9-11-7-5-4-6-8-11/h4-8,12H,3,9-10H2,1-2H3/t12-,14-/m0/s1. The van der Waals surface area contributed by atoms with Gasteiger partial charge in [0.05, 0.1) is 12.0 Å². The Kier molecular flexibility index (Phi) is 2.99. The maximum absolute atomic E-state index is 11.7. The molecule has 2 heteroatoms. The van der Waals surface area contributed by atoms with Crippen molar-refractivity contribution in [2.75, 3.05) is 6.61 Å². The molecule has 0 bridgehead atoms. The minimum Gasteiger partial charge on any atom is -0.466 e. The molecule has 0 spiro atoms. The number of carbonyl (C=O) groups is 1. The number of hydrogen-bond donors (Lipinski definition) is 0. The second kappa shape index (κ2) is 4.28. The molecule has 1 aliphatic rings. The summed E-state index contributed by atoms with van der Waals surface area (Å²) in [7, 11) is 0. The van der Waals surface area contributed by atoms with Gasteiger partial charge >= 0.3 is 5.97 Å². The number of carbonyl (C=O) groups excluding carboxylic acids is 1. The summed E-state index contributed by atoms with van der Waals surface area (Å²) in [6.07, 6.45) is 1.94. The van der Waals surface area contributed by atoms with Gasteiger partial charge in [0, 0.05) is 0 Å². The van der Waals surface area contributed by atoms with Crippen molar-refractivity contribution in [2.24, 2.45) is 11.3 Å². The Morgan fingerprint density at radius 3 is 2.75 bits per heavy atom. The highest BCUT2D eigenvalue weighted by molar-refractivity contribution is 5.80. The van der Waals surface area contributed by atoms with Crippen LogP contribution in [0.5, 0.6) is 0 Å². The maximum Gasteiger partial charge on any atom is 0.312 e. The molecule has 1 fully saturated rings. The van der Waals surface area contributed by atoms with Gasteiger partial charge in [-0.25, -0.2) is 0 Å². The van der Waals surface area contributed by atoms with Crippen molar-refractivity contribution < 1.29 is 9.53 Å². The van der Waals surface area contributed by atoms with Crippen LogP contribution in [-0.4, -0.2) is 12.6 Å². The van der Waals surface area contributed by atoms with Crippen molar-refractivity contribution in [3.8, 4) is 0 Å². The van der Waals surface area contributed by atoms with Crippen molar-refractivity contribution in [3.05, 3.63) is 35.9 Å². The molecule has 2 nitrogen and oxygen atoms in total. The van der Waals surface area contributed by atoms with E-state index in [1.54, 1.807) is 0 Å². The van der Waals surface area contributed by atoms with Crippen molar-refractivity contribution in [1.29, 1.82) is 0 Å². The minimum absolute atomic E-state index is 0.0315. The number of rotatable bonds is 4. The molecule has 0 amide bonds. The number of ether oxygens (including phenoxy) is 1. The van der Waals surface area contributed by atoms with Gasteiger partial charge in [0.1, 0.15) is 0 Å². The summed E-state index contributed by atoms with van der Waals surface area (Å²) in [6.45, 7) is 4.35. The lowest BCUT2D eigenvalue weighted by molar-refractivity contribution is -0.149. The molecule has 16 heavy (non-hydrogen) atoms. The lowest BCUT2D eigenvalue weighted by atomic mass is 10.0. The Balaban J connectivity index is 1.94. The van der Waals surface area contributed by atoms with E-state index in [1.807, 2.05) is 32.0 Å². The zero-order valence-corrected chi connectivity index (χ0v) is 9.90. The molecule has 1 aliphatic carbocycles. The molecule has 0 saturated heterocycles. The third-order valence-electron chi connectivity index (χ3n) is 3.48. The SMILES string of the molecule is CCOC(=O)[C@@]1(C)C[C@@H]1Cc1ccccc1. The molecule has 1 aromatic rings. The summed E-state index contributed by atoms with van der Waals surface area (Å²) in [5.74, 6) is 0.421.